The smallest absolute Gasteiger partial charge is 0.356 e. The predicted molar refractivity (Wildman–Crippen MR) is 91.1 cm³/mol. The third-order valence-corrected chi connectivity index (χ3v) is 3.19. The molecule has 0 saturated heterocycles. The Bertz CT molecular complexity index is 773. The van der Waals surface area contributed by atoms with Crippen molar-refractivity contribution < 1.29 is 23.5 Å². The fourth-order valence-corrected chi connectivity index (χ4v) is 1.98. The summed E-state index contributed by atoms with van der Waals surface area (Å²) in [7, 11) is 2.38. The molecular weight excluding hydrogens is 327 g/mol. The fourth-order valence-electron chi connectivity index (χ4n) is 1.98. The van der Waals surface area contributed by atoms with Crippen LogP contribution in [0.2, 0.25) is 0 Å². The second-order valence-electron chi connectivity index (χ2n) is 4.86. The van der Waals surface area contributed by atoms with Crippen molar-refractivity contribution >= 4 is 23.3 Å². The number of halogens is 1. The molecule has 0 amide bonds. The molecule has 2 aromatic carbocycles. The Labute approximate surface area is 144 Å². The van der Waals surface area contributed by atoms with Gasteiger partial charge in [-0.25, -0.2) is 14.0 Å². The van der Waals surface area contributed by atoms with Crippen molar-refractivity contribution in [1.82, 2.24) is 0 Å². The van der Waals surface area contributed by atoms with E-state index in [-0.39, 0.29) is 11.4 Å². The van der Waals surface area contributed by atoms with Crippen molar-refractivity contribution in [3.63, 3.8) is 0 Å². The molecule has 2 rings (SSSR count). The minimum Gasteiger partial charge on any atom is -0.464 e. The fraction of sp³-hybridized carbons (Fsp3) is 0.111. The highest BCUT2D eigenvalue weighted by molar-refractivity contribution is 6.04. The van der Waals surface area contributed by atoms with E-state index in [1.807, 2.05) is 6.07 Å². The van der Waals surface area contributed by atoms with Gasteiger partial charge in [0, 0.05) is 11.4 Å². The van der Waals surface area contributed by atoms with Gasteiger partial charge in [-0.15, -0.1) is 0 Å². The van der Waals surface area contributed by atoms with Crippen LogP contribution in [0.5, 0.6) is 0 Å². The van der Waals surface area contributed by atoms with E-state index in [1.165, 1.54) is 38.5 Å². The van der Waals surface area contributed by atoms with Gasteiger partial charge in [-0.1, -0.05) is 18.2 Å². The zero-order valence-electron chi connectivity index (χ0n) is 13.7. The molecule has 2 N–H and O–H groups in total. The van der Waals surface area contributed by atoms with Gasteiger partial charge in [-0.3, -0.25) is 0 Å². The summed E-state index contributed by atoms with van der Waals surface area (Å²) in [5, 5.41) is 5.61. The molecule has 0 bridgehead atoms. The third kappa shape index (κ3) is 4.81. The Kier molecular flexibility index (Phi) is 6.11. The summed E-state index contributed by atoms with van der Waals surface area (Å²) in [6, 6.07) is 14.1. The van der Waals surface area contributed by atoms with Crippen LogP contribution < -0.4 is 10.6 Å². The molecule has 0 fully saturated rings. The Balaban J connectivity index is 2.46. The monoisotopic (exact) mass is 344 g/mol. The standard InChI is InChI=1S/C18H17FN2O4/c1-24-17(22)15(20-13-6-4-3-5-7-13)16(18(23)25-2)21-14-10-8-12(19)9-11-14/h3-11,20-21H,1-2H3. The summed E-state index contributed by atoms with van der Waals surface area (Å²) in [5.74, 6) is -1.98. The summed E-state index contributed by atoms with van der Waals surface area (Å²) >= 11 is 0. The first kappa shape index (κ1) is 18.0. The van der Waals surface area contributed by atoms with E-state index >= 15 is 0 Å². The molecule has 0 radical (unpaired) electrons. The molecule has 0 atom stereocenters. The van der Waals surface area contributed by atoms with Crippen LogP contribution in [0.3, 0.4) is 0 Å². The maximum atomic E-state index is 13.1. The van der Waals surface area contributed by atoms with E-state index in [4.69, 9.17) is 9.47 Å². The zero-order valence-corrected chi connectivity index (χ0v) is 13.7. The van der Waals surface area contributed by atoms with Crippen molar-refractivity contribution in [3.05, 3.63) is 71.8 Å². The summed E-state index contributed by atoms with van der Waals surface area (Å²) in [6.07, 6.45) is 0. The molecular formula is C18H17FN2O4. The maximum absolute atomic E-state index is 13.1. The van der Waals surface area contributed by atoms with E-state index in [1.54, 1.807) is 24.3 Å². The number of anilines is 2. The molecule has 6 nitrogen and oxygen atoms in total. The lowest BCUT2D eigenvalue weighted by atomic mass is 10.2. The lowest BCUT2D eigenvalue weighted by molar-refractivity contribution is -0.139. The molecule has 7 heteroatoms. The average molecular weight is 344 g/mol. The van der Waals surface area contributed by atoms with Crippen LogP contribution >= 0.6 is 0 Å². The summed E-state index contributed by atoms with van der Waals surface area (Å²) in [5.41, 5.74) is 0.679. The SMILES string of the molecule is COC(=O)C(Nc1ccccc1)=C(Nc1ccc(F)cc1)C(=O)OC. The molecule has 0 unspecified atom stereocenters. The minimum absolute atomic E-state index is 0.134. The molecule has 0 aliphatic heterocycles. The van der Waals surface area contributed by atoms with Crippen LogP contribution in [0.4, 0.5) is 15.8 Å². The van der Waals surface area contributed by atoms with E-state index in [0.29, 0.717) is 11.4 Å². The Hall–Kier alpha value is -3.35. The van der Waals surface area contributed by atoms with Crippen LogP contribution in [0.15, 0.2) is 66.0 Å². The second-order valence-corrected chi connectivity index (χ2v) is 4.86. The van der Waals surface area contributed by atoms with Crippen LogP contribution in [-0.4, -0.2) is 26.2 Å². The maximum Gasteiger partial charge on any atom is 0.356 e. The highest BCUT2D eigenvalue weighted by atomic mass is 19.1. The molecule has 25 heavy (non-hydrogen) atoms. The summed E-state index contributed by atoms with van der Waals surface area (Å²) in [6.45, 7) is 0. The second kappa shape index (κ2) is 8.49. The quantitative estimate of drug-likeness (QED) is 0.620. The lowest BCUT2D eigenvalue weighted by Gasteiger charge is -2.16. The normalized spacial score (nSPS) is 11.2. The van der Waals surface area contributed by atoms with Gasteiger partial charge in [0.25, 0.3) is 0 Å². The molecule has 0 aliphatic rings. The Morgan fingerprint density at radius 2 is 1.20 bits per heavy atom. The van der Waals surface area contributed by atoms with Crippen molar-refractivity contribution in [2.24, 2.45) is 0 Å². The van der Waals surface area contributed by atoms with E-state index in [0.717, 1.165) is 0 Å². The van der Waals surface area contributed by atoms with Gasteiger partial charge in [0.1, 0.15) is 5.82 Å². The predicted octanol–water partition coefficient (Wildman–Crippen LogP) is 2.91. The third-order valence-electron chi connectivity index (χ3n) is 3.19. The van der Waals surface area contributed by atoms with Gasteiger partial charge in [0.15, 0.2) is 11.4 Å². The molecule has 0 aromatic heterocycles. The molecule has 2 aromatic rings. The van der Waals surface area contributed by atoms with Crippen molar-refractivity contribution in [2.75, 3.05) is 24.9 Å². The molecule has 0 saturated carbocycles. The van der Waals surface area contributed by atoms with E-state index < -0.39 is 17.8 Å². The highest BCUT2D eigenvalue weighted by Gasteiger charge is 2.23. The number of carbonyl (C=O) groups excluding carboxylic acids is 2. The molecule has 130 valence electrons. The zero-order chi connectivity index (χ0) is 18.2. The largest absolute Gasteiger partial charge is 0.464 e. The highest BCUT2D eigenvalue weighted by Crippen LogP contribution is 2.18. The van der Waals surface area contributed by atoms with Crippen LogP contribution in [-0.2, 0) is 19.1 Å². The first-order valence-corrected chi connectivity index (χ1v) is 7.30. The first-order chi connectivity index (χ1) is 12.0. The van der Waals surface area contributed by atoms with E-state index in [2.05, 4.69) is 10.6 Å². The number of nitrogens with one attached hydrogen (secondary N) is 2. The van der Waals surface area contributed by atoms with Gasteiger partial charge in [0.05, 0.1) is 14.2 Å². The van der Waals surface area contributed by atoms with Crippen LogP contribution in [0.25, 0.3) is 0 Å². The number of rotatable bonds is 6. The number of esters is 2. The topological polar surface area (TPSA) is 76.7 Å². The van der Waals surface area contributed by atoms with Crippen LogP contribution in [0.1, 0.15) is 0 Å². The molecule has 0 heterocycles. The molecule has 0 aliphatic carbocycles. The number of carbonyl (C=O) groups is 2. The number of ether oxygens (including phenoxy) is 2. The Morgan fingerprint density at radius 3 is 1.64 bits per heavy atom. The van der Waals surface area contributed by atoms with Gasteiger partial charge in [-0.05, 0) is 36.4 Å². The number of hydrogen-bond donors (Lipinski definition) is 2. The minimum atomic E-state index is -0.784. The average Bonchev–Trinajstić information content (AvgIpc) is 2.65. The Morgan fingerprint density at radius 1 is 0.760 bits per heavy atom. The summed E-state index contributed by atoms with van der Waals surface area (Å²) in [4.78, 5) is 24.3. The van der Waals surface area contributed by atoms with Gasteiger partial charge in [-0.2, -0.15) is 0 Å². The van der Waals surface area contributed by atoms with Gasteiger partial charge >= 0.3 is 11.9 Å². The van der Waals surface area contributed by atoms with Crippen molar-refractivity contribution in [1.29, 1.82) is 0 Å². The van der Waals surface area contributed by atoms with Crippen LogP contribution in [0, 0.1) is 5.82 Å². The number of benzene rings is 2. The molecule has 0 spiro atoms. The number of hydrogen-bond acceptors (Lipinski definition) is 6. The van der Waals surface area contributed by atoms with Crippen molar-refractivity contribution in [2.45, 2.75) is 0 Å². The number of para-hydroxylation sites is 1. The van der Waals surface area contributed by atoms with E-state index in [9.17, 15) is 14.0 Å². The van der Waals surface area contributed by atoms with Crippen molar-refractivity contribution in [3.8, 4) is 0 Å². The lowest BCUT2D eigenvalue weighted by Crippen LogP contribution is -2.24. The van der Waals surface area contributed by atoms with Gasteiger partial charge in [0.2, 0.25) is 0 Å². The number of methoxy groups -OCH3 is 2. The summed E-state index contributed by atoms with van der Waals surface area (Å²) < 4.78 is 22.6. The van der Waals surface area contributed by atoms with Gasteiger partial charge < -0.3 is 20.1 Å². The first-order valence-electron chi connectivity index (χ1n) is 7.30.